The van der Waals surface area contributed by atoms with Gasteiger partial charge in [-0.05, 0) is 51.1 Å². The third kappa shape index (κ3) is 4.38. The van der Waals surface area contributed by atoms with Gasteiger partial charge in [0.15, 0.2) is 0 Å². The highest BCUT2D eigenvalue weighted by molar-refractivity contribution is 5.94. The lowest BCUT2D eigenvalue weighted by molar-refractivity contribution is -0.132. The number of aliphatic hydroxyl groups excluding tert-OH is 1. The fraction of sp³-hybridized carbons (Fsp3) is 0.579. The summed E-state index contributed by atoms with van der Waals surface area (Å²) in [6, 6.07) is 7.65. The zero-order valence-corrected chi connectivity index (χ0v) is 14.9. The molecule has 2 fully saturated rings. The second kappa shape index (κ2) is 7.54. The lowest BCUT2D eigenvalue weighted by atomic mass is 10.1. The third-order valence-corrected chi connectivity index (χ3v) is 5.18. The van der Waals surface area contributed by atoms with E-state index in [-0.39, 0.29) is 30.4 Å². The van der Waals surface area contributed by atoms with Gasteiger partial charge in [-0.3, -0.25) is 9.59 Å². The molecular formula is C19H27N3O3. The van der Waals surface area contributed by atoms with E-state index in [9.17, 15) is 14.7 Å². The minimum atomic E-state index is -0.1000. The quantitative estimate of drug-likeness (QED) is 0.810. The molecule has 2 N–H and O–H groups in total. The number of hydrogen-bond acceptors (Lipinski definition) is 4. The van der Waals surface area contributed by atoms with Crippen LogP contribution in [0.1, 0.15) is 24.8 Å². The third-order valence-electron chi connectivity index (χ3n) is 5.18. The van der Waals surface area contributed by atoms with Crippen LogP contribution in [0.4, 0.5) is 5.69 Å². The Balaban J connectivity index is 1.57. The monoisotopic (exact) mass is 345 g/mol. The number of amides is 2. The number of nitrogens with zero attached hydrogens (tertiary/aromatic N) is 2. The van der Waals surface area contributed by atoms with Crippen LogP contribution in [0.3, 0.4) is 0 Å². The second-order valence-corrected chi connectivity index (χ2v) is 7.37. The molecule has 0 radical (unpaired) electrons. The van der Waals surface area contributed by atoms with E-state index in [1.54, 1.807) is 4.90 Å². The fourth-order valence-electron chi connectivity index (χ4n) is 3.32. The van der Waals surface area contributed by atoms with E-state index < -0.39 is 0 Å². The summed E-state index contributed by atoms with van der Waals surface area (Å²) >= 11 is 0. The number of benzene rings is 1. The number of carbonyl (C=O) groups is 2. The van der Waals surface area contributed by atoms with Crippen molar-refractivity contribution >= 4 is 17.5 Å². The highest BCUT2D eigenvalue weighted by Gasteiger charge is 2.35. The first-order chi connectivity index (χ1) is 12.0. The maximum absolute atomic E-state index is 12.6. The number of carbonyl (C=O) groups excluding carboxylic acids is 2. The lowest BCUT2D eigenvalue weighted by Gasteiger charge is -2.23. The Labute approximate surface area is 148 Å². The van der Waals surface area contributed by atoms with Gasteiger partial charge in [-0.1, -0.05) is 12.1 Å². The van der Waals surface area contributed by atoms with Crippen LogP contribution < -0.4 is 5.32 Å². The van der Waals surface area contributed by atoms with Crippen LogP contribution in [0.2, 0.25) is 0 Å². The predicted octanol–water partition coefficient (Wildman–Crippen LogP) is 1.10. The molecule has 3 rings (SSSR count). The van der Waals surface area contributed by atoms with Gasteiger partial charge < -0.3 is 20.2 Å². The molecule has 136 valence electrons. The van der Waals surface area contributed by atoms with Gasteiger partial charge in [0.1, 0.15) is 0 Å². The molecule has 2 amide bonds. The Kier molecular flexibility index (Phi) is 5.39. The lowest BCUT2D eigenvalue weighted by Crippen LogP contribution is -2.39. The van der Waals surface area contributed by atoms with Gasteiger partial charge in [0.2, 0.25) is 11.8 Å². The topological polar surface area (TPSA) is 72.9 Å². The predicted molar refractivity (Wildman–Crippen MR) is 96.2 cm³/mol. The summed E-state index contributed by atoms with van der Waals surface area (Å²) in [6.45, 7) is 0.662. The fourth-order valence-corrected chi connectivity index (χ4v) is 3.32. The summed E-state index contributed by atoms with van der Waals surface area (Å²) in [4.78, 5) is 28.3. The van der Waals surface area contributed by atoms with Crippen molar-refractivity contribution in [3.05, 3.63) is 29.8 Å². The molecule has 1 aromatic carbocycles. The normalized spacial score (nSPS) is 23.1. The average molecular weight is 345 g/mol. The summed E-state index contributed by atoms with van der Waals surface area (Å²) in [7, 11) is 4.00. The molecule has 1 saturated heterocycles. The van der Waals surface area contributed by atoms with Crippen molar-refractivity contribution in [2.24, 2.45) is 5.92 Å². The van der Waals surface area contributed by atoms with Crippen LogP contribution in [0.5, 0.6) is 0 Å². The van der Waals surface area contributed by atoms with Crippen molar-refractivity contribution in [3.8, 4) is 0 Å². The Bertz CT molecular complexity index is 625. The molecule has 1 heterocycles. The molecule has 0 bridgehead atoms. The maximum Gasteiger partial charge on any atom is 0.227 e. The number of aliphatic hydroxyl groups is 1. The van der Waals surface area contributed by atoms with Crippen LogP contribution in [-0.2, 0) is 16.0 Å². The number of anilines is 1. The minimum Gasteiger partial charge on any atom is -0.394 e. The van der Waals surface area contributed by atoms with E-state index in [0.29, 0.717) is 19.0 Å². The number of rotatable bonds is 6. The number of nitrogens with one attached hydrogen (secondary N) is 1. The Morgan fingerprint density at radius 1 is 1.24 bits per heavy atom. The van der Waals surface area contributed by atoms with Crippen LogP contribution in [0.25, 0.3) is 0 Å². The molecular weight excluding hydrogens is 318 g/mol. The molecule has 0 unspecified atom stereocenters. The molecule has 2 atom stereocenters. The van der Waals surface area contributed by atoms with Crippen molar-refractivity contribution in [1.29, 1.82) is 0 Å². The smallest absolute Gasteiger partial charge is 0.227 e. The molecule has 1 aliphatic carbocycles. The highest BCUT2D eigenvalue weighted by Crippen LogP contribution is 2.30. The number of likely N-dealkylation sites (tertiary alicyclic amines) is 1. The van der Waals surface area contributed by atoms with Crippen LogP contribution >= 0.6 is 0 Å². The second-order valence-electron chi connectivity index (χ2n) is 7.37. The van der Waals surface area contributed by atoms with E-state index in [1.807, 2.05) is 38.4 Å². The molecule has 2 aliphatic rings. The molecule has 25 heavy (non-hydrogen) atoms. The molecule has 6 nitrogen and oxygen atoms in total. The van der Waals surface area contributed by atoms with E-state index in [2.05, 4.69) is 10.2 Å². The SMILES string of the molecule is CN(C)[C@@H]1C[C@@H](CO)N(C(=O)Cc2ccc(NC(=O)C3CC3)cc2)C1. The van der Waals surface area contributed by atoms with Crippen LogP contribution in [0, 0.1) is 5.92 Å². The standard InChI is InChI=1S/C19H27N3O3/c1-21(2)16-10-17(12-23)22(11-16)18(24)9-13-3-7-15(8-4-13)20-19(25)14-5-6-14/h3-4,7-8,14,16-17,23H,5-6,9-12H2,1-2H3,(H,20,25)/t16-,17+/m1/s1. The Morgan fingerprint density at radius 2 is 1.92 bits per heavy atom. The minimum absolute atomic E-state index is 0.00220. The first kappa shape index (κ1) is 17.9. The summed E-state index contributed by atoms with van der Waals surface area (Å²) in [5, 5.41) is 12.5. The molecule has 0 aromatic heterocycles. The van der Waals surface area contributed by atoms with Gasteiger partial charge in [0, 0.05) is 24.2 Å². The van der Waals surface area contributed by atoms with E-state index >= 15 is 0 Å². The zero-order valence-electron chi connectivity index (χ0n) is 14.9. The Hall–Kier alpha value is -1.92. The molecule has 1 aromatic rings. The van der Waals surface area contributed by atoms with E-state index in [4.69, 9.17) is 0 Å². The summed E-state index contributed by atoms with van der Waals surface area (Å²) in [5.74, 6) is 0.302. The number of hydrogen-bond donors (Lipinski definition) is 2. The van der Waals surface area contributed by atoms with Crippen LogP contribution in [-0.4, -0.2) is 66.1 Å². The van der Waals surface area contributed by atoms with Gasteiger partial charge in [0.05, 0.1) is 19.1 Å². The van der Waals surface area contributed by atoms with Gasteiger partial charge in [0.25, 0.3) is 0 Å². The summed E-state index contributed by atoms with van der Waals surface area (Å²) < 4.78 is 0. The van der Waals surface area contributed by atoms with Gasteiger partial charge in [-0.15, -0.1) is 0 Å². The molecule has 1 saturated carbocycles. The van der Waals surface area contributed by atoms with Crippen molar-refractivity contribution in [3.63, 3.8) is 0 Å². The van der Waals surface area contributed by atoms with E-state index in [1.165, 1.54) is 0 Å². The average Bonchev–Trinajstić information content (AvgIpc) is 3.35. The van der Waals surface area contributed by atoms with Crippen molar-refractivity contribution in [2.45, 2.75) is 37.8 Å². The highest BCUT2D eigenvalue weighted by atomic mass is 16.3. The number of likely N-dealkylation sites (N-methyl/N-ethyl adjacent to an activating group) is 1. The maximum atomic E-state index is 12.6. The van der Waals surface area contributed by atoms with Crippen molar-refractivity contribution in [2.75, 3.05) is 32.6 Å². The zero-order chi connectivity index (χ0) is 18.0. The van der Waals surface area contributed by atoms with E-state index in [0.717, 1.165) is 30.5 Å². The summed E-state index contributed by atoms with van der Waals surface area (Å²) in [5.41, 5.74) is 1.69. The molecule has 1 aliphatic heterocycles. The largest absolute Gasteiger partial charge is 0.394 e. The Morgan fingerprint density at radius 3 is 2.48 bits per heavy atom. The first-order valence-corrected chi connectivity index (χ1v) is 8.94. The van der Waals surface area contributed by atoms with Crippen molar-refractivity contribution < 1.29 is 14.7 Å². The van der Waals surface area contributed by atoms with Gasteiger partial charge in [-0.2, -0.15) is 0 Å². The molecule has 6 heteroatoms. The van der Waals surface area contributed by atoms with Gasteiger partial charge in [-0.25, -0.2) is 0 Å². The molecule has 0 spiro atoms. The summed E-state index contributed by atoms with van der Waals surface area (Å²) in [6.07, 6.45) is 3.08. The first-order valence-electron chi connectivity index (χ1n) is 8.94. The van der Waals surface area contributed by atoms with Gasteiger partial charge >= 0.3 is 0 Å². The van der Waals surface area contributed by atoms with Crippen molar-refractivity contribution in [1.82, 2.24) is 9.80 Å². The van der Waals surface area contributed by atoms with Crippen LogP contribution in [0.15, 0.2) is 24.3 Å².